The van der Waals surface area contributed by atoms with Gasteiger partial charge in [-0.1, -0.05) is 31.5 Å². The molecule has 0 aromatic heterocycles. The van der Waals surface area contributed by atoms with Crippen LogP contribution in [0.1, 0.15) is 40.9 Å². The van der Waals surface area contributed by atoms with Crippen molar-refractivity contribution in [1.82, 2.24) is 0 Å². The Morgan fingerprint density at radius 3 is 2.11 bits per heavy atom. The van der Waals surface area contributed by atoms with Crippen LogP contribution in [-0.2, 0) is 10.8 Å². The highest BCUT2D eigenvalue weighted by molar-refractivity contribution is 7.85. The fourth-order valence-corrected chi connectivity index (χ4v) is 3.57. The van der Waals surface area contributed by atoms with E-state index in [1.165, 1.54) is 0 Å². The van der Waals surface area contributed by atoms with E-state index < -0.39 is 10.8 Å². The second kappa shape index (κ2) is 6.28. The lowest BCUT2D eigenvalue weighted by Gasteiger charge is -2.11. The van der Waals surface area contributed by atoms with Gasteiger partial charge in [0.25, 0.3) is 0 Å². The van der Waals surface area contributed by atoms with Crippen molar-refractivity contribution in [2.75, 3.05) is 11.5 Å². The summed E-state index contributed by atoms with van der Waals surface area (Å²) < 4.78 is 11.8. The number of hydrogen-bond donors (Lipinski definition) is 0. The molecule has 0 saturated carbocycles. The summed E-state index contributed by atoms with van der Waals surface area (Å²) in [7, 11) is -1.05. The summed E-state index contributed by atoms with van der Waals surface area (Å²) in [5.74, 6) is 1.10. The molecule has 0 spiro atoms. The molecule has 0 radical (unpaired) electrons. The Kier molecular flexibility index (Phi) is 5.27. The molecule has 3 heteroatoms. The minimum atomic E-state index is -1.05. The maximum absolute atomic E-state index is 12.2. The lowest BCUT2D eigenvalue weighted by molar-refractivity contribution is 0.102. The zero-order chi connectivity index (χ0) is 13.9. The van der Waals surface area contributed by atoms with Crippen LogP contribution in [0.2, 0.25) is 0 Å². The molecule has 0 fully saturated rings. The molecular formula is C15H22O2S. The topological polar surface area (TPSA) is 34.1 Å². The van der Waals surface area contributed by atoms with Crippen molar-refractivity contribution < 1.29 is 9.00 Å². The molecule has 1 aromatic rings. The average molecular weight is 266 g/mol. The Balaban J connectivity index is 2.88. The lowest BCUT2D eigenvalue weighted by atomic mass is 9.97. The summed E-state index contributed by atoms with van der Waals surface area (Å²) >= 11 is 0. The number of hydrogen-bond acceptors (Lipinski definition) is 2. The van der Waals surface area contributed by atoms with Crippen molar-refractivity contribution in [3.63, 3.8) is 0 Å². The van der Waals surface area contributed by atoms with Crippen LogP contribution in [-0.4, -0.2) is 21.5 Å². The minimum Gasteiger partial charge on any atom is -0.293 e. The third-order valence-electron chi connectivity index (χ3n) is 2.77. The fourth-order valence-electron chi connectivity index (χ4n) is 2.27. The molecule has 0 bridgehead atoms. The van der Waals surface area contributed by atoms with Gasteiger partial charge >= 0.3 is 0 Å². The van der Waals surface area contributed by atoms with Crippen molar-refractivity contribution in [3.8, 4) is 0 Å². The number of benzene rings is 1. The van der Waals surface area contributed by atoms with Gasteiger partial charge in [0.05, 0.1) is 5.75 Å². The van der Waals surface area contributed by atoms with E-state index in [2.05, 4.69) is 0 Å². The number of aryl methyl sites for hydroxylation is 3. The van der Waals surface area contributed by atoms with E-state index in [0.717, 1.165) is 22.3 Å². The van der Waals surface area contributed by atoms with Crippen molar-refractivity contribution in [1.29, 1.82) is 0 Å². The van der Waals surface area contributed by atoms with E-state index in [1.54, 1.807) is 0 Å². The zero-order valence-corrected chi connectivity index (χ0v) is 12.7. The highest BCUT2D eigenvalue weighted by Crippen LogP contribution is 2.17. The van der Waals surface area contributed by atoms with Crippen LogP contribution >= 0.6 is 0 Å². The first-order chi connectivity index (χ1) is 8.31. The van der Waals surface area contributed by atoms with E-state index in [-0.39, 0.29) is 11.5 Å². The van der Waals surface area contributed by atoms with Crippen LogP contribution in [0.5, 0.6) is 0 Å². The van der Waals surface area contributed by atoms with E-state index in [4.69, 9.17) is 0 Å². The molecule has 0 amide bonds. The van der Waals surface area contributed by atoms with E-state index in [9.17, 15) is 9.00 Å². The van der Waals surface area contributed by atoms with Gasteiger partial charge in [0.1, 0.15) is 0 Å². The Hall–Kier alpha value is -0.960. The molecule has 0 saturated heterocycles. The predicted molar refractivity (Wildman–Crippen MR) is 77.7 cm³/mol. The quantitative estimate of drug-likeness (QED) is 0.767. The fraction of sp³-hybridized carbons (Fsp3) is 0.533. The van der Waals surface area contributed by atoms with Crippen molar-refractivity contribution in [3.05, 3.63) is 34.4 Å². The van der Waals surface area contributed by atoms with Gasteiger partial charge in [-0.15, -0.1) is 0 Å². The molecule has 0 aliphatic heterocycles. The van der Waals surface area contributed by atoms with Gasteiger partial charge in [0, 0.05) is 22.1 Å². The second-order valence-corrected chi connectivity index (χ2v) is 6.84. The molecule has 0 heterocycles. The highest BCUT2D eigenvalue weighted by atomic mass is 32.2. The molecule has 1 unspecified atom stereocenters. The first kappa shape index (κ1) is 15.1. The van der Waals surface area contributed by atoms with Gasteiger partial charge < -0.3 is 0 Å². The van der Waals surface area contributed by atoms with E-state index in [1.807, 2.05) is 46.8 Å². The van der Waals surface area contributed by atoms with Crippen LogP contribution in [0, 0.1) is 26.7 Å². The van der Waals surface area contributed by atoms with Gasteiger partial charge in [-0.2, -0.15) is 0 Å². The van der Waals surface area contributed by atoms with Gasteiger partial charge in [-0.05, 0) is 37.8 Å². The molecule has 0 aliphatic rings. The van der Waals surface area contributed by atoms with Crippen molar-refractivity contribution in [2.24, 2.45) is 5.92 Å². The van der Waals surface area contributed by atoms with Gasteiger partial charge in [0.15, 0.2) is 5.78 Å². The normalized spacial score (nSPS) is 12.8. The number of Topliss-reactive ketones (excluding diaryl/α,β-unsaturated/α-hetero) is 1. The summed E-state index contributed by atoms with van der Waals surface area (Å²) in [6.45, 7) is 9.94. The summed E-state index contributed by atoms with van der Waals surface area (Å²) in [4.78, 5) is 12.2. The Morgan fingerprint density at radius 1 is 1.17 bits per heavy atom. The van der Waals surface area contributed by atoms with Gasteiger partial charge in [0.2, 0.25) is 0 Å². The first-order valence-corrected chi connectivity index (χ1v) is 7.76. The summed E-state index contributed by atoms with van der Waals surface area (Å²) in [5, 5.41) is 0. The van der Waals surface area contributed by atoms with Crippen LogP contribution in [0.3, 0.4) is 0 Å². The first-order valence-electron chi connectivity index (χ1n) is 6.27. The highest BCUT2D eigenvalue weighted by Gasteiger charge is 2.16. The molecule has 1 atom stereocenters. The standard InChI is InChI=1S/C15H22O2S/c1-10(2)8-18(17)9-14(16)15-12(4)6-11(3)7-13(15)5/h6-7,10H,8-9H2,1-5H3. The van der Waals surface area contributed by atoms with Crippen molar-refractivity contribution >= 4 is 16.6 Å². The number of ketones is 1. The SMILES string of the molecule is Cc1cc(C)c(C(=O)CS(=O)CC(C)C)c(C)c1. The summed E-state index contributed by atoms with van der Waals surface area (Å²) in [5.41, 5.74) is 3.88. The molecule has 2 nitrogen and oxygen atoms in total. The Morgan fingerprint density at radius 2 is 1.67 bits per heavy atom. The second-order valence-electron chi connectivity index (χ2n) is 5.34. The maximum atomic E-state index is 12.2. The van der Waals surface area contributed by atoms with Crippen LogP contribution in [0.4, 0.5) is 0 Å². The molecule has 1 rings (SSSR count). The maximum Gasteiger partial charge on any atom is 0.175 e. The van der Waals surface area contributed by atoms with Crippen LogP contribution in [0.25, 0.3) is 0 Å². The Bertz CT molecular complexity index is 452. The van der Waals surface area contributed by atoms with Crippen LogP contribution < -0.4 is 0 Å². The van der Waals surface area contributed by atoms with Crippen LogP contribution in [0.15, 0.2) is 12.1 Å². The minimum absolute atomic E-state index is 0.00369. The smallest absolute Gasteiger partial charge is 0.175 e. The average Bonchev–Trinajstić information content (AvgIpc) is 2.12. The Labute approximate surface area is 112 Å². The summed E-state index contributed by atoms with van der Waals surface area (Å²) in [6, 6.07) is 4.01. The van der Waals surface area contributed by atoms with Crippen molar-refractivity contribution in [2.45, 2.75) is 34.6 Å². The van der Waals surface area contributed by atoms with Gasteiger partial charge in [-0.25, -0.2) is 0 Å². The third kappa shape index (κ3) is 4.05. The summed E-state index contributed by atoms with van der Waals surface area (Å²) in [6.07, 6.45) is 0. The van der Waals surface area contributed by atoms with E-state index in [0.29, 0.717) is 11.7 Å². The van der Waals surface area contributed by atoms with E-state index >= 15 is 0 Å². The molecule has 0 N–H and O–H groups in total. The number of carbonyl (C=O) groups is 1. The molecule has 100 valence electrons. The monoisotopic (exact) mass is 266 g/mol. The zero-order valence-electron chi connectivity index (χ0n) is 11.9. The molecule has 1 aromatic carbocycles. The van der Waals surface area contributed by atoms with Gasteiger partial charge in [-0.3, -0.25) is 9.00 Å². The number of rotatable bonds is 5. The molecule has 18 heavy (non-hydrogen) atoms. The third-order valence-corrected chi connectivity index (χ3v) is 4.39. The molecule has 0 aliphatic carbocycles. The number of carbonyl (C=O) groups excluding carboxylic acids is 1. The lowest BCUT2D eigenvalue weighted by Crippen LogP contribution is -2.17. The largest absolute Gasteiger partial charge is 0.293 e. The predicted octanol–water partition coefficient (Wildman–Crippen LogP) is 3.20. The molecular weight excluding hydrogens is 244 g/mol.